The molecule has 0 radical (unpaired) electrons. The lowest BCUT2D eigenvalue weighted by Gasteiger charge is -2.06. The van der Waals surface area contributed by atoms with Crippen LogP contribution >= 0.6 is 11.6 Å². The van der Waals surface area contributed by atoms with Crippen molar-refractivity contribution in [1.29, 1.82) is 5.26 Å². The standard InChI is InChI=1S/C13H7ClFN3O/c14-11-4-3-9(6-8(11)7-16)18-13(19)10-2-1-5-17-12(10)15/h1-6H,(H,18,19). The van der Waals surface area contributed by atoms with Gasteiger partial charge in [0.25, 0.3) is 5.91 Å². The molecule has 94 valence electrons. The summed E-state index contributed by atoms with van der Waals surface area (Å²) in [4.78, 5) is 15.2. The first kappa shape index (κ1) is 13.0. The lowest BCUT2D eigenvalue weighted by Crippen LogP contribution is -2.14. The Balaban J connectivity index is 2.25. The van der Waals surface area contributed by atoms with E-state index in [4.69, 9.17) is 16.9 Å². The van der Waals surface area contributed by atoms with E-state index in [0.717, 1.165) is 0 Å². The molecule has 4 nitrogen and oxygen atoms in total. The molecular weight excluding hydrogens is 269 g/mol. The normalized spacial score (nSPS) is 9.74. The zero-order chi connectivity index (χ0) is 13.8. The van der Waals surface area contributed by atoms with Gasteiger partial charge in [-0.3, -0.25) is 4.79 Å². The Kier molecular flexibility index (Phi) is 3.74. The summed E-state index contributed by atoms with van der Waals surface area (Å²) in [5.41, 5.74) is 0.413. The first-order chi connectivity index (χ1) is 9.11. The number of benzene rings is 1. The highest BCUT2D eigenvalue weighted by Crippen LogP contribution is 2.20. The molecule has 1 aromatic carbocycles. The minimum absolute atomic E-state index is 0.170. The Bertz CT molecular complexity index is 682. The molecule has 0 aliphatic heterocycles. The van der Waals surface area contributed by atoms with Gasteiger partial charge in [-0.05, 0) is 30.3 Å². The summed E-state index contributed by atoms with van der Waals surface area (Å²) in [6, 6.07) is 9.08. The van der Waals surface area contributed by atoms with Gasteiger partial charge in [-0.25, -0.2) is 4.98 Å². The van der Waals surface area contributed by atoms with Crippen LogP contribution in [-0.2, 0) is 0 Å². The van der Waals surface area contributed by atoms with Gasteiger partial charge in [-0.15, -0.1) is 0 Å². The molecule has 2 aromatic rings. The van der Waals surface area contributed by atoms with E-state index in [1.807, 2.05) is 6.07 Å². The fraction of sp³-hybridized carbons (Fsp3) is 0. The Morgan fingerprint density at radius 2 is 2.21 bits per heavy atom. The van der Waals surface area contributed by atoms with Gasteiger partial charge in [0, 0.05) is 11.9 Å². The van der Waals surface area contributed by atoms with E-state index in [1.165, 1.54) is 36.5 Å². The number of hydrogen-bond donors (Lipinski definition) is 1. The molecule has 1 amide bonds. The number of anilines is 1. The van der Waals surface area contributed by atoms with Crippen LogP contribution in [0.3, 0.4) is 0 Å². The number of nitrogens with zero attached hydrogens (tertiary/aromatic N) is 2. The van der Waals surface area contributed by atoms with Crippen molar-refractivity contribution in [3.8, 4) is 6.07 Å². The average Bonchev–Trinajstić information content (AvgIpc) is 2.41. The quantitative estimate of drug-likeness (QED) is 0.857. The second kappa shape index (κ2) is 5.46. The van der Waals surface area contributed by atoms with Gasteiger partial charge >= 0.3 is 0 Å². The number of carbonyl (C=O) groups is 1. The summed E-state index contributed by atoms with van der Waals surface area (Å²) < 4.78 is 13.3. The van der Waals surface area contributed by atoms with Crippen LogP contribution in [0.4, 0.5) is 10.1 Å². The third-order valence-corrected chi connectivity index (χ3v) is 2.68. The zero-order valence-corrected chi connectivity index (χ0v) is 10.3. The predicted molar refractivity (Wildman–Crippen MR) is 68.3 cm³/mol. The molecule has 0 saturated heterocycles. The van der Waals surface area contributed by atoms with Crippen molar-refractivity contribution in [3.05, 3.63) is 58.6 Å². The second-order valence-electron chi connectivity index (χ2n) is 3.60. The maximum absolute atomic E-state index is 13.3. The highest BCUT2D eigenvalue weighted by atomic mass is 35.5. The molecule has 0 aliphatic rings. The summed E-state index contributed by atoms with van der Waals surface area (Å²) in [7, 11) is 0. The molecule has 0 fully saturated rings. The van der Waals surface area contributed by atoms with E-state index in [-0.39, 0.29) is 16.1 Å². The van der Waals surface area contributed by atoms with E-state index in [9.17, 15) is 9.18 Å². The number of nitriles is 1. The number of nitrogens with one attached hydrogen (secondary N) is 1. The van der Waals surface area contributed by atoms with E-state index >= 15 is 0 Å². The van der Waals surface area contributed by atoms with Crippen LogP contribution < -0.4 is 5.32 Å². The Morgan fingerprint density at radius 1 is 1.42 bits per heavy atom. The first-order valence-electron chi connectivity index (χ1n) is 5.23. The van der Waals surface area contributed by atoms with Gasteiger partial charge in [0.05, 0.1) is 16.1 Å². The van der Waals surface area contributed by atoms with E-state index in [0.29, 0.717) is 5.69 Å². The maximum atomic E-state index is 13.3. The third kappa shape index (κ3) is 2.87. The molecule has 1 N–H and O–H groups in total. The molecule has 0 aliphatic carbocycles. The number of pyridine rings is 1. The fourth-order valence-electron chi connectivity index (χ4n) is 1.44. The maximum Gasteiger partial charge on any atom is 0.260 e. The smallest absolute Gasteiger partial charge is 0.260 e. The minimum atomic E-state index is -0.852. The van der Waals surface area contributed by atoms with Crippen molar-refractivity contribution in [3.63, 3.8) is 0 Å². The number of aromatic nitrogens is 1. The molecule has 0 spiro atoms. The van der Waals surface area contributed by atoms with Crippen molar-refractivity contribution in [1.82, 2.24) is 4.98 Å². The average molecular weight is 276 g/mol. The van der Waals surface area contributed by atoms with Gasteiger partial charge in [-0.1, -0.05) is 11.6 Å². The summed E-state index contributed by atoms with van der Waals surface area (Å²) >= 11 is 5.77. The van der Waals surface area contributed by atoms with Crippen LogP contribution in [0.25, 0.3) is 0 Å². The largest absolute Gasteiger partial charge is 0.322 e. The van der Waals surface area contributed by atoms with Gasteiger partial charge < -0.3 is 5.32 Å². The zero-order valence-electron chi connectivity index (χ0n) is 9.52. The Morgan fingerprint density at radius 3 is 2.89 bits per heavy atom. The van der Waals surface area contributed by atoms with Crippen LogP contribution in [0.15, 0.2) is 36.5 Å². The molecule has 1 heterocycles. The van der Waals surface area contributed by atoms with Crippen molar-refractivity contribution >= 4 is 23.2 Å². The van der Waals surface area contributed by atoms with Gasteiger partial charge in [-0.2, -0.15) is 9.65 Å². The molecular formula is C13H7ClFN3O. The summed E-state index contributed by atoms with van der Waals surface area (Å²) in [6.07, 6.45) is 1.25. The van der Waals surface area contributed by atoms with Crippen LogP contribution in [0.5, 0.6) is 0 Å². The summed E-state index contributed by atoms with van der Waals surface area (Å²) in [5, 5.41) is 11.6. The molecule has 0 atom stereocenters. The van der Waals surface area contributed by atoms with Crippen molar-refractivity contribution < 1.29 is 9.18 Å². The topological polar surface area (TPSA) is 65.8 Å². The predicted octanol–water partition coefficient (Wildman–Crippen LogP) is 3.00. The molecule has 19 heavy (non-hydrogen) atoms. The first-order valence-corrected chi connectivity index (χ1v) is 5.61. The van der Waals surface area contributed by atoms with E-state index in [1.54, 1.807) is 0 Å². The van der Waals surface area contributed by atoms with Crippen molar-refractivity contribution in [2.24, 2.45) is 0 Å². The molecule has 0 bridgehead atoms. The Labute approximate surface area is 113 Å². The number of amides is 1. The molecule has 2 rings (SSSR count). The van der Waals surface area contributed by atoms with Gasteiger partial charge in [0.2, 0.25) is 5.95 Å². The number of rotatable bonds is 2. The fourth-order valence-corrected chi connectivity index (χ4v) is 1.60. The van der Waals surface area contributed by atoms with Crippen LogP contribution in [0.1, 0.15) is 15.9 Å². The highest BCUT2D eigenvalue weighted by Gasteiger charge is 2.12. The van der Waals surface area contributed by atoms with Gasteiger partial charge in [0.15, 0.2) is 0 Å². The molecule has 6 heteroatoms. The Hall–Kier alpha value is -2.45. The van der Waals surface area contributed by atoms with Crippen LogP contribution in [0, 0.1) is 17.3 Å². The van der Waals surface area contributed by atoms with Crippen molar-refractivity contribution in [2.45, 2.75) is 0 Å². The molecule has 0 unspecified atom stereocenters. The van der Waals surface area contributed by atoms with Crippen LogP contribution in [-0.4, -0.2) is 10.9 Å². The number of carbonyl (C=O) groups excluding carboxylic acids is 1. The lowest BCUT2D eigenvalue weighted by atomic mass is 10.2. The van der Waals surface area contributed by atoms with Crippen LogP contribution in [0.2, 0.25) is 5.02 Å². The van der Waals surface area contributed by atoms with E-state index in [2.05, 4.69) is 10.3 Å². The van der Waals surface area contributed by atoms with Gasteiger partial charge in [0.1, 0.15) is 6.07 Å². The van der Waals surface area contributed by atoms with E-state index < -0.39 is 11.9 Å². The van der Waals surface area contributed by atoms with Crippen molar-refractivity contribution in [2.75, 3.05) is 5.32 Å². The molecule has 1 aromatic heterocycles. The SMILES string of the molecule is N#Cc1cc(NC(=O)c2cccnc2F)ccc1Cl. The minimum Gasteiger partial charge on any atom is -0.322 e. The third-order valence-electron chi connectivity index (χ3n) is 2.35. The second-order valence-corrected chi connectivity index (χ2v) is 4.01. The summed E-state index contributed by atoms with van der Waals surface area (Å²) in [5.74, 6) is -1.49. The lowest BCUT2D eigenvalue weighted by molar-refractivity contribution is 0.102. The number of halogens is 2. The number of hydrogen-bond acceptors (Lipinski definition) is 3. The highest BCUT2D eigenvalue weighted by molar-refractivity contribution is 6.31. The molecule has 0 saturated carbocycles. The monoisotopic (exact) mass is 275 g/mol. The summed E-state index contributed by atoms with van der Waals surface area (Å²) in [6.45, 7) is 0.